The molecule has 0 heterocycles. The summed E-state index contributed by atoms with van der Waals surface area (Å²) in [6, 6.07) is 24.9. The minimum absolute atomic E-state index is 0.135. The number of anilines is 2. The van der Waals surface area contributed by atoms with Crippen molar-refractivity contribution in [2.24, 2.45) is 5.92 Å². The number of hydrogen-bond donors (Lipinski definition) is 1. The van der Waals surface area contributed by atoms with Gasteiger partial charge in [-0.1, -0.05) is 87.4 Å². The van der Waals surface area contributed by atoms with E-state index in [1.54, 1.807) is 0 Å². The minimum Gasteiger partial charge on any atom is -0.489 e. The second-order valence-electron chi connectivity index (χ2n) is 11.1. The average Bonchev–Trinajstić information content (AvgIpc) is 3.81. The number of hydrogen-bond acceptors (Lipinski definition) is 4. The van der Waals surface area contributed by atoms with Crippen LogP contribution in [0.2, 0.25) is 0 Å². The molecule has 4 heteroatoms. The molecule has 0 aromatic heterocycles. The number of benzene rings is 3. The Morgan fingerprint density at radius 2 is 1.74 bits per heavy atom. The largest absolute Gasteiger partial charge is 0.489 e. The van der Waals surface area contributed by atoms with Gasteiger partial charge >= 0.3 is 5.97 Å². The Hall–Kier alpha value is -3.27. The van der Waals surface area contributed by atoms with Gasteiger partial charge in [-0.25, -0.2) is 0 Å². The second kappa shape index (κ2) is 13.0. The van der Waals surface area contributed by atoms with E-state index in [1.807, 2.05) is 30.3 Å². The maximum atomic E-state index is 12.8. The molecule has 0 bridgehead atoms. The van der Waals surface area contributed by atoms with Gasteiger partial charge in [0.25, 0.3) is 0 Å². The van der Waals surface area contributed by atoms with Gasteiger partial charge in [0.05, 0.1) is 13.0 Å². The monoisotopic (exact) mass is 511 g/mol. The Labute approximate surface area is 227 Å². The number of carbonyl (C=O) groups excluding carboxylic acids is 1. The minimum atomic E-state index is -0.220. The molecule has 5 rings (SSSR count). The summed E-state index contributed by atoms with van der Waals surface area (Å²) in [5.74, 6) is 1.95. The lowest BCUT2D eigenvalue weighted by Crippen LogP contribution is -2.15. The van der Waals surface area contributed by atoms with Crippen LogP contribution in [0.4, 0.5) is 11.4 Å². The van der Waals surface area contributed by atoms with Crippen molar-refractivity contribution < 1.29 is 14.3 Å². The molecule has 3 aromatic carbocycles. The van der Waals surface area contributed by atoms with Gasteiger partial charge in [-0.3, -0.25) is 4.79 Å². The SMILES string of the molecule is COC(=O)C(CCCC1CCCCC1)c1cccc(Nc2ccc(OCc3ccccc3)cc2C2CC2)c1. The first-order valence-electron chi connectivity index (χ1n) is 14.4. The normalized spacial score (nSPS) is 16.6. The molecule has 2 aliphatic carbocycles. The Morgan fingerprint density at radius 1 is 0.921 bits per heavy atom. The smallest absolute Gasteiger partial charge is 0.313 e. The molecule has 0 saturated heterocycles. The van der Waals surface area contributed by atoms with Gasteiger partial charge in [-0.05, 0) is 78.1 Å². The number of esters is 1. The van der Waals surface area contributed by atoms with Crippen molar-refractivity contribution in [1.29, 1.82) is 0 Å². The van der Waals surface area contributed by atoms with Gasteiger partial charge < -0.3 is 14.8 Å². The summed E-state index contributed by atoms with van der Waals surface area (Å²) in [6.45, 7) is 0.565. The number of nitrogens with one attached hydrogen (secondary N) is 1. The molecule has 0 amide bonds. The summed E-state index contributed by atoms with van der Waals surface area (Å²) < 4.78 is 11.3. The fraction of sp³-hybridized carbons (Fsp3) is 0.441. The van der Waals surface area contributed by atoms with Crippen LogP contribution in [0.1, 0.15) is 92.7 Å². The van der Waals surface area contributed by atoms with E-state index in [-0.39, 0.29) is 11.9 Å². The van der Waals surface area contributed by atoms with E-state index in [2.05, 4.69) is 47.8 Å². The Balaban J connectivity index is 1.26. The van der Waals surface area contributed by atoms with Crippen LogP contribution < -0.4 is 10.1 Å². The summed E-state index contributed by atoms with van der Waals surface area (Å²) in [7, 11) is 1.50. The molecule has 0 radical (unpaired) electrons. The van der Waals surface area contributed by atoms with E-state index in [0.29, 0.717) is 12.5 Å². The number of carbonyl (C=O) groups is 1. The lowest BCUT2D eigenvalue weighted by atomic mass is 9.84. The highest BCUT2D eigenvalue weighted by Crippen LogP contribution is 2.45. The van der Waals surface area contributed by atoms with Crippen molar-refractivity contribution >= 4 is 17.3 Å². The summed E-state index contributed by atoms with van der Waals surface area (Å²) in [5.41, 5.74) is 5.62. The molecule has 200 valence electrons. The molecule has 38 heavy (non-hydrogen) atoms. The standard InChI is InChI=1S/C34H41NO3/c1-37-34(36)31(17-8-14-25-10-4-2-5-11-25)28-15-9-16-29(22-28)35-33-21-20-30(23-32(33)27-18-19-27)38-24-26-12-6-3-7-13-26/h3,6-7,9,12-13,15-16,20-23,25,27,31,35H,2,4-5,8,10-11,14,17-19,24H2,1H3. The van der Waals surface area contributed by atoms with Gasteiger partial charge in [-0.15, -0.1) is 0 Å². The van der Waals surface area contributed by atoms with Crippen molar-refractivity contribution in [2.45, 2.75) is 82.7 Å². The lowest BCUT2D eigenvalue weighted by Gasteiger charge is -2.22. The third-order valence-electron chi connectivity index (χ3n) is 8.17. The highest BCUT2D eigenvalue weighted by molar-refractivity contribution is 5.79. The number of methoxy groups -OCH3 is 1. The molecule has 1 atom stereocenters. The molecular formula is C34H41NO3. The molecule has 0 aliphatic heterocycles. The van der Waals surface area contributed by atoms with E-state index >= 15 is 0 Å². The first-order valence-corrected chi connectivity index (χ1v) is 14.4. The van der Waals surface area contributed by atoms with Crippen LogP contribution in [0.3, 0.4) is 0 Å². The van der Waals surface area contributed by atoms with Crippen LogP contribution in [-0.2, 0) is 16.1 Å². The fourth-order valence-corrected chi connectivity index (χ4v) is 5.86. The number of rotatable bonds is 12. The average molecular weight is 512 g/mol. The van der Waals surface area contributed by atoms with E-state index in [1.165, 1.54) is 69.6 Å². The molecule has 2 aliphatic rings. The molecule has 4 nitrogen and oxygen atoms in total. The highest BCUT2D eigenvalue weighted by Gasteiger charge is 2.27. The van der Waals surface area contributed by atoms with E-state index in [9.17, 15) is 4.79 Å². The molecule has 2 saturated carbocycles. The Bertz CT molecular complexity index is 1180. The van der Waals surface area contributed by atoms with Crippen LogP contribution in [0, 0.1) is 5.92 Å². The van der Waals surface area contributed by atoms with Crippen molar-refractivity contribution in [3.8, 4) is 5.75 Å². The maximum Gasteiger partial charge on any atom is 0.313 e. The zero-order valence-electron chi connectivity index (χ0n) is 22.7. The Morgan fingerprint density at radius 3 is 2.50 bits per heavy atom. The zero-order valence-corrected chi connectivity index (χ0v) is 22.7. The van der Waals surface area contributed by atoms with E-state index in [4.69, 9.17) is 9.47 Å². The second-order valence-corrected chi connectivity index (χ2v) is 11.1. The molecule has 0 spiro atoms. The van der Waals surface area contributed by atoms with E-state index < -0.39 is 0 Å². The fourth-order valence-electron chi connectivity index (χ4n) is 5.86. The van der Waals surface area contributed by atoms with Gasteiger partial charge in [-0.2, -0.15) is 0 Å². The van der Waals surface area contributed by atoms with Crippen molar-refractivity contribution in [3.05, 3.63) is 89.5 Å². The van der Waals surface area contributed by atoms with Gasteiger partial charge in [0.15, 0.2) is 0 Å². The first-order chi connectivity index (χ1) is 18.7. The molecular weight excluding hydrogens is 470 g/mol. The van der Waals surface area contributed by atoms with Crippen LogP contribution in [0.15, 0.2) is 72.8 Å². The highest BCUT2D eigenvalue weighted by atomic mass is 16.5. The van der Waals surface area contributed by atoms with Gasteiger partial charge in [0.2, 0.25) is 0 Å². The van der Waals surface area contributed by atoms with Crippen LogP contribution in [-0.4, -0.2) is 13.1 Å². The van der Waals surface area contributed by atoms with Gasteiger partial charge in [0.1, 0.15) is 12.4 Å². The predicted octanol–water partition coefficient (Wildman–Crippen LogP) is 8.89. The summed E-state index contributed by atoms with van der Waals surface area (Å²) in [5, 5.41) is 3.65. The van der Waals surface area contributed by atoms with E-state index in [0.717, 1.165) is 41.4 Å². The Kier molecular flexibility index (Phi) is 9.01. The van der Waals surface area contributed by atoms with Crippen LogP contribution in [0.25, 0.3) is 0 Å². The first kappa shape index (κ1) is 26.3. The van der Waals surface area contributed by atoms with Crippen LogP contribution in [0.5, 0.6) is 5.75 Å². The van der Waals surface area contributed by atoms with Gasteiger partial charge in [0, 0.05) is 11.4 Å². The molecule has 2 fully saturated rings. The summed E-state index contributed by atoms with van der Waals surface area (Å²) in [4.78, 5) is 12.8. The topological polar surface area (TPSA) is 47.6 Å². The van der Waals surface area contributed by atoms with Crippen molar-refractivity contribution in [2.75, 3.05) is 12.4 Å². The summed E-state index contributed by atoms with van der Waals surface area (Å²) in [6.07, 6.45) is 12.4. The van der Waals surface area contributed by atoms with Crippen molar-refractivity contribution in [3.63, 3.8) is 0 Å². The molecule has 3 aromatic rings. The summed E-state index contributed by atoms with van der Waals surface area (Å²) >= 11 is 0. The third kappa shape index (κ3) is 7.18. The van der Waals surface area contributed by atoms with Crippen LogP contribution >= 0.6 is 0 Å². The zero-order chi connectivity index (χ0) is 26.2. The molecule has 1 unspecified atom stereocenters. The predicted molar refractivity (Wildman–Crippen MR) is 154 cm³/mol. The third-order valence-corrected chi connectivity index (χ3v) is 8.17. The lowest BCUT2D eigenvalue weighted by molar-refractivity contribution is -0.142. The number of ether oxygens (including phenoxy) is 2. The quantitative estimate of drug-likeness (QED) is 0.247. The maximum absolute atomic E-state index is 12.8. The molecule has 1 N–H and O–H groups in total. The van der Waals surface area contributed by atoms with Crippen molar-refractivity contribution in [1.82, 2.24) is 0 Å².